The summed E-state index contributed by atoms with van der Waals surface area (Å²) >= 11 is 0. The van der Waals surface area contributed by atoms with Crippen LogP contribution in [0.3, 0.4) is 0 Å². The van der Waals surface area contributed by atoms with E-state index >= 15 is 0 Å². The van der Waals surface area contributed by atoms with Crippen LogP contribution in [0, 0.1) is 13.8 Å². The number of rotatable bonds is 3. The Labute approximate surface area is 153 Å². The van der Waals surface area contributed by atoms with Crippen molar-refractivity contribution in [2.24, 2.45) is 0 Å². The summed E-state index contributed by atoms with van der Waals surface area (Å²) in [5.41, 5.74) is 5.59. The molecule has 0 saturated carbocycles. The monoisotopic (exact) mass is 348 g/mol. The minimum absolute atomic E-state index is 0.0142. The highest BCUT2D eigenvalue weighted by Gasteiger charge is 2.19. The SMILES string of the molecule is Cc1cccc(N2CCN(Cc3cc(=O)n4ccccc4n3)CC2)c1C. The van der Waals surface area contributed by atoms with Gasteiger partial charge < -0.3 is 4.90 Å². The van der Waals surface area contributed by atoms with E-state index in [0.29, 0.717) is 5.65 Å². The Hall–Kier alpha value is -2.66. The molecule has 1 aromatic carbocycles. The molecule has 5 nitrogen and oxygen atoms in total. The molecule has 1 aliphatic rings. The van der Waals surface area contributed by atoms with Gasteiger partial charge in [-0.3, -0.25) is 14.1 Å². The maximum atomic E-state index is 12.2. The molecule has 2 aromatic heterocycles. The van der Waals surface area contributed by atoms with Crippen LogP contribution in [0.5, 0.6) is 0 Å². The number of aromatic nitrogens is 2. The highest BCUT2D eigenvalue weighted by molar-refractivity contribution is 5.56. The number of fused-ring (bicyclic) bond motifs is 1. The fourth-order valence-corrected chi connectivity index (χ4v) is 3.64. The van der Waals surface area contributed by atoms with Gasteiger partial charge in [-0.2, -0.15) is 0 Å². The van der Waals surface area contributed by atoms with Crippen molar-refractivity contribution < 1.29 is 0 Å². The van der Waals surface area contributed by atoms with Gasteiger partial charge in [0.1, 0.15) is 5.65 Å². The van der Waals surface area contributed by atoms with Gasteiger partial charge in [0.05, 0.1) is 5.69 Å². The molecule has 0 atom stereocenters. The molecule has 134 valence electrons. The maximum Gasteiger partial charge on any atom is 0.258 e. The van der Waals surface area contributed by atoms with E-state index in [1.54, 1.807) is 16.7 Å². The number of nitrogens with zero attached hydrogens (tertiary/aromatic N) is 4. The third kappa shape index (κ3) is 3.22. The molecule has 3 heterocycles. The molecule has 1 aliphatic heterocycles. The van der Waals surface area contributed by atoms with E-state index in [1.165, 1.54) is 16.8 Å². The van der Waals surface area contributed by atoms with Gasteiger partial charge >= 0.3 is 0 Å². The lowest BCUT2D eigenvalue weighted by Gasteiger charge is -2.36. The van der Waals surface area contributed by atoms with Crippen molar-refractivity contribution in [3.8, 4) is 0 Å². The van der Waals surface area contributed by atoms with Crippen LogP contribution in [-0.2, 0) is 6.54 Å². The number of hydrogen-bond donors (Lipinski definition) is 0. The maximum absolute atomic E-state index is 12.2. The lowest BCUT2D eigenvalue weighted by molar-refractivity contribution is 0.247. The first-order chi connectivity index (χ1) is 12.6. The molecule has 0 aliphatic carbocycles. The Morgan fingerprint density at radius 3 is 2.62 bits per heavy atom. The standard InChI is InChI=1S/C21H24N4O/c1-16-6-5-7-19(17(16)2)24-12-10-23(11-13-24)15-18-14-21(26)25-9-4-3-8-20(25)22-18/h3-9,14H,10-13,15H2,1-2H3. The van der Waals surface area contributed by atoms with Crippen LogP contribution in [0.1, 0.15) is 16.8 Å². The zero-order valence-corrected chi connectivity index (χ0v) is 15.4. The third-order valence-electron chi connectivity index (χ3n) is 5.30. The highest BCUT2D eigenvalue weighted by Crippen LogP contribution is 2.24. The van der Waals surface area contributed by atoms with Gasteiger partial charge in [-0.1, -0.05) is 18.2 Å². The van der Waals surface area contributed by atoms with E-state index in [1.807, 2.05) is 18.2 Å². The average molecular weight is 348 g/mol. The molecule has 0 N–H and O–H groups in total. The van der Waals surface area contributed by atoms with Gasteiger partial charge in [-0.05, 0) is 43.2 Å². The van der Waals surface area contributed by atoms with Crippen molar-refractivity contribution in [1.29, 1.82) is 0 Å². The average Bonchev–Trinajstić information content (AvgIpc) is 2.65. The first kappa shape index (κ1) is 16.8. The van der Waals surface area contributed by atoms with Crippen LogP contribution in [0.15, 0.2) is 53.5 Å². The van der Waals surface area contributed by atoms with Crippen LogP contribution in [0.2, 0.25) is 0 Å². The molecule has 1 saturated heterocycles. The summed E-state index contributed by atoms with van der Waals surface area (Å²) in [6.07, 6.45) is 1.76. The van der Waals surface area contributed by atoms with Crippen LogP contribution in [0.4, 0.5) is 5.69 Å². The van der Waals surface area contributed by atoms with Gasteiger partial charge in [-0.25, -0.2) is 4.98 Å². The molecular formula is C21H24N4O. The fraction of sp³-hybridized carbons (Fsp3) is 0.333. The molecular weight excluding hydrogens is 324 g/mol. The van der Waals surface area contributed by atoms with Crippen molar-refractivity contribution in [2.45, 2.75) is 20.4 Å². The number of anilines is 1. The number of aryl methyl sites for hydroxylation is 1. The summed E-state index contributed by atoms with van der Waals surface area (Å²) in [4.78, 5) is 21.7. The number of benzene rings is 1. The van der Waals surface area contributed by atoms with Gasteiger partial charge in [0.25, 0.3) is 5.56 Å². The van der Waals surface area contributed by atoms with E-state index in [2.05, 4.69) is 46.8 Å². The van der Waals surface area contributed by atoms with E-state index in [0.717, 1.165) is 38.4 Å². The zero-order chi connectivity index (χ0) is 18.1. The lowest BCUT2D eigenvalue weighted by atomic mass is 10.1. The number of hydrogen-bond acceptors (Lipinski definition) is 4. The summed E-state index contributed by atoms with van der Waals surface area (Å²) in [5.74, 6) is 0. The predicted molar refractivity (Wildman–Crippen MR) is 105 cm³/mol. The molecule has 0 bridgehead atoms. The topological polar surface area (TPSA) is 40.9 Å². The van der Waals surface area contributed by atoms with E-state index in [4.69, 9.17) is 0 Å². The quantitative estimate of drug-likeness (QED) is 0.730. The first-order valence-corrected chi connectivity index (χ1v) is 9.13. The van der Waals surface area contributed by atoms with E-state index in [9.17, 15) is 4.79 Å². The van der Waals surface area contributed by atoms with E-state index < -0.39 is 0 Å². The second-order valence-corrected chi connectivity index (χ2v) is 7.00. The second kappa shape index (κ2) is 6.92. The van der Waals surface area contributed by atoms with E-state index in [-0.39, 0.29) is 5.56 Å². The zero-order valence-electron chi connectivity index (χ0n) is 15.4. The van der Waals surface area contributed by atoms with Crippen LogP contribution in [0.25, 0.3) is 5.65 Å². The van der Waals surface area contributed by atoms with Crippen molar-refractivity contribution in [3.63, 3.8) is 0 Å². The molecule has 0 amide bonds. The van der Waals surface area contributed by atoms with Crippen molar-refractivity contribution in [1.82, 2.24) is 14.3 Å². The van der Waals surface area contributed by atoms with Crippen molar-refractivity contribution in [2.75, 3.05) is 31.1 Å². The first-order valence-electron chi connectivity index (χ1n) is 9.13. The number of pyridine rings is 1. The molecule has 4 rings (SSSR count). The Morgan fingerprint density at radius 1 is 1.00 bits per heavy atom. The van der Waals surface area contributed by atoms with Gasteiger partial charge in [0.15, 0.2) is 0 Å². The Kier molecular flexibility index (Phi) is 4.47. The Morgan fingerprint density at radius 2 is 1.81 bits per heavy atom. The minimum atomic E-state index is -0.0142. The van der Waals surface area contributed by atoms with Crippen molar-refractivity contribution >= 4 is 11.3 Å². The molecule has 1 fully saturated rings. The van der Waals surface area contributed by atoms with Crippen LogP contribution < -0.4 is 10.5 Å². The van der Waals surface area contributed by atoms with Gasteiger partial charge in [0.2, 0.25) is 0 Å². The summed E-state index contributed by atoms with van der Waals surface area (Å²) in [6.45, 7) is 9.03. The lowest BCUT2D eigenvalue weighted by Crippen LogP contribution is -2.46. The molecule has 26 heavy (non-hydrogen) atoms. The summed E-state index contributed by atoms with van der Waals surface area (Å²) in [5, 5.41) is 0. The van der Waals surface area contributed by atoms with Crippen LogP contribution in [-0.4, -0.2) is 40.5 Å². The van der Waals surface area contributed by atoms with Crippen LogP contribution >= 0.6 is 0 Å². The molecule has 5 heteroatoms. The smallest absolute Gasteiger partial charge is 0.258 e. The predicted octanol–water partition coefficient (Wildman–Crippen LogP) is 2.63. The summed E-state index contributed by atoms with van der Waals surface area (Å²) < 4.78 is 1.59. The molecule has 0 radical (unpaired) electrons. The minimum Gasteiger partial charge on any atom is -0.369 e. The Bertz CT molecular complexity index is 987. The summed E-state index contributed by atoms with van der Waals surface area (Å²) in [6, 6.07) is 13.8. The Balaban J connectivity index is 1.46. The fourth-order valence-electron chi connectivity index (χ4n) is 3.64. The normalized spacial score (nSPS) is 15.5. The second-order valence-electron chi connectivity index (χ2n) is 7.00. The highest BCUT2D eigenvalue weighted by atomic mass is 16.1. The molecule has 0 spiro atoms. The molecule has 0 unspecified atom stereocenters. The molecule has 3 aromatic rings. The number of piperazine rings is 1. The summed E-state index contributed by atoms with van der Waals surface area (Å²) in [7, 11) is 0. The third-order valence-corrected chi connectivity index (χ3v) is 5.30. The van der Waals surface area contributed by atoms with Gasteiger partial charge in [0, 0.05) is 50.7 Å². The van der Waals surface area contributed by atoms with Crippen molar-refractivity contribution in [3.05, 3.63) is 75.8 Å². The largest absolute Gasteiger partial charge is 0.369 e. The van der Waals surface area contributed by atoms with Gasteiger partial charge in [-0.15, -0.1) is 0 Å².